The number of aryl methyl sites for hydroxylation is 1. The van der Waals surface area contributed by atoms with Crippen molar-refractivity contribution < 1.29 is 9.59 Å². The van der Waals surface area contributed by atoms with Crippen molar-refractivity contribution in [2.45, 2.75) is 33.7 Å². The summed E-state index contributed by atoms with van der Waals surface area (Å²) < 4.78 is 2.29. The number of anilines is 1. The van der Waals surface area contributed by atoms with E-state index in [1.54, 1.807) is 30.5 Å². The van der Waals surface area contributed by atoms with Crippen molar-refractivity contribution in [3.63, 3.8) is 0 Å². The average Bonchev–Trinajstić information content (AvgIpc) is 3.12. The Balaban J connectivity index is 1.44. The minimum absolute atomic E-state index is 0.0363. The molecule has 0 spiro atoms. The standard InChI is InChI=1S/C27H28N4O2/c1-4-31-24-8-6-5-7-22(24)23-16-19(9-14-25(23)31)17-28-30-27(33)20-10-12-21(13-11-20)29-26(32)15-18(2)3/h5-14,16-18H,4,15H2,1-3H3,(H,29,32)(H,30,33)/b28-17+. The van der Waals surface area contributed by atoms with E-state index in [2.05, 4.69) is 57.7 Å². The molecule has 6 nitrogen and oxygen atoms in total. The maximum atomic E-state index is 12.4. The molecule has 1 aromatic heterocycles. The van der Waals surface area contributed by atoms with E-state index in [1.165, 1.54) is 16.4 Å². The zero-order valence-corrected chi connectivity index (χ0v) is 19.1. The van der Waals surface area contributed by atoms with Gasteiger partial charge >= 0.3 is 0 Å². The zero-order chi connectivity index (χ0) is 23.4. The fourth-order valence-electron chi connectivity index (χ4n) is 4.01. The first-order chi connectivity index (χ1) is 16.0. The van der Waals surface area contributed by atoms with Gasteiger partial charge in [0.1, 0.15) is 0 Å². The summed E-state index contributed by atoms with van der Waals surface area (Å²) in [5.74, 6) is -0.0558. The molecule has 0 radical (unpaired) electrons. The SMILES string of the molecule is CCn1c2ccccc2c2cc(/C=N/NC(=O)c3ccc(NC(=O)CC(C)C)cc3)ccc21. The lowest BCUT2D eigenvalue weighted by Gasteiger charge is -2.07. The summed E-state index contributed by atoms with van der Waals surface area (Å²) in [7, 11) is 0. The Morgan fingerprint density at radius 3 is 2.42 bits per heavy atom. The number of aromatic nitrogens is 1. The first-order valence-corrected chi connectivity index (χ1v) is 11.2. The molecule has 0 saturated carbocycles. The number of hydrazone groups is 1. The highest BCUT2D eigenvalue weighted by Gasteiger charge is 2.10. The minimum Gasteiger partial charge on any atom is -0.341 e. The van der Waals surface area contributed by atoms with E-state index in [0.29, 0.717) is 23.6 Å². The number of benzene rings is 3. The first kappa shape index (κ1) is 22.3. The van der Waals surface area contributed by atoms with Crippen molar-refractivity contribution in [2.24, 2.45) is 11.0 Å². The van der Waals surface area contributed by atoms with Crippen LogP contribution >= 0.6 is 0 Å². The topological polar surface area (TPSA) is 75.5 Å². The molecule has 2 amide bonds. The Morgan fingerprint density at radius 2 is 1.70 bits per heavy atom. The lowest BCUT2D eigenvalue weighted by Crippen LogP contribution is -2.18. The van der Waals surface area contributed by atoms with Crippen LogP contribution in [0.3, 0.4) is 0 Å². The van der Waals surface area contributed by atoms with Crippen LogP contribution in [0.1, 0.15) is 43.1 Å². The number of fused-ring (bicyclic) bond motifs is 3. The molecule has 0 aliphatic carbocycles. The quantitative estimate of drug-likeness (QED) is 0.291. The number of nitrogens with zero attached hydrogens (tertiary/aromatic N) is 2. The number of para-hydroxylation sites is 1. The molecule has 1 heterocycles. The van der Waals surface area contributed by atoms with Gasteiger partial charge in [0, 0.05) is 46.0 Å². The molecule has 0 saturated heterocycles. The molecular formula is C27H28N4O2. The van der Waals surface area contributed by atoms with Crippen LogP contribution < -0.4 is 10.7 Å². The van der Waals surface area contributed by atoms with Gasteiger partial charge in [0.15, 0.2) is 0 Å². The second-order valence-electron chi connectivity index (χ2n) is 8.46. The van der Waals surface area contributed by atoms with E-state index >= 15 is 0 Å². The smallest absolute Gasteiger partial charge is 0.271 e. The number of nitrogens with one attached hydrogen (secondary N) is 2. The number of hydrogen-bond donors (Lipinski definition) is 2. The highest BCUT2D eigenvalue weighted by Crippen LogP contribution is 2.29. The highest BCUT2D eigenvalue weighted by atomic mass is 16.2. The first-order valence-electron chi connectivity index (χ1n) is 11.2. The minimum atomic E-state index is -0.310. The van der Waals surface area contributed by atoms with Crippen molar-refractivity contribution >= 4 is 45.5 Å². The molecule has 3 aromatic carbocycles. The Bertz CT molecular complexity index is 1330. The van der Waals surface area contributed by atoms with Crippen molar-refractivity contribution in [1.82, 2.24) is 9.99 Å². The average molecular weight is 441 g/mol. The van der Waals surface area contributed by atoms with Crippen LogP contribution in [-0.2, 0) is 11.3 Å². The van der Waals surface area contributed by atoms with Gasteiger partial charge in [0.2, 0.25) is 5.91 Å². The molecule has 168 valence electrons. The summed E-state index contributed by atoms with van der Waals surface area (Å²) in [6, 6.07) is 21.3. The number of hydrogen-bond acceptors (Lipinski definition) is 3. The third-order valence-electron chi connectivity index (χ3n) is 5.52. The molecule has 0 aliphatic heterocycles. The molecule has 0 bridgehead atoms. The number of carbonyl (C=O) groups excluding carboxylic acids is 2. The van der Waals surface area contributed by atoms with Crippen LogP contribution in [-0.4, -0.2) is 22.6 Å². The summed E-state index contributed by atoms with van der Waals surface area (Å²) in [4.78, 5) is 24.3. The third kappa shape index (κ3) is 4.95. The molecule has 0 fully saturated rings. The summed E-state index contributed by atoms with van der Waals surface area (Å²) in [6.07, 6.45) is 2.11. The van der Waals surface area contributed by atoms with Crippen LogP contribution in [0.2, 0.25) is 0 Å². The third-order valence-corrected chi connectivity index (χ3v) is 5.52. The summed E-state index contributed by atoms with van der Waals surface area (Å²) >= 11 is 0. The second-order valence-corrected chi connectivity index (χ2v) is 8.46. The monoisotopic (exact) mass is 440 g/mol. The Hall–Kier alpha value is -3.93. The Labute approximate surface area is 193 Å². The van der Waals surface area contributed by atoms with Crippen molar-refractivity contribution in [3.8, 4) is 0 Å². The van der Waals surface area contributed by atoms with Crippen LogP contribution in [0.15, 0.2) is 71.8 Å². The molecule has 4 aromatic rings. The van der Waals surface area contributed by atoms with Gasteiger partial charge in [-0.05, 0) is 60.9 Å². The van der Waals surface area contributed by atoms with E-state index < -0.39 is 0 Å². The molecule has 6 heteroatoms. The van der Waals surface area contributed by atoms with Gasteiger partial charge in [0.05, 0.1) is 6.21 Å². The van der Waals surface area contributed by atoms with Gasteiger partial charge in [-0.15, -0.1) is 0 Å². The van der Waals surface area contributed by atoms with E-state index in [9.17, 15) is 9.59 Å². The predicted molar refractivity (Wildman–Crippen MR) is 135 cm³/mol. The lowest BCUT2D eigenvalue weighted by molar-refractivity contribution is -0.116. The van der Waals surface area contributed by atoms with Gasteiger partial charge < -0.3 is 9.88 Å². The Kier molecular flexibility index (Phi) is 6.54. The largest absolute Gasteiger partial charge is 0.341 e. The van der Waals surface area contributed by atoms with Gasteiger partial charge in [-0.25, -0.2) is 5.43 Å². The molecule has 0 atom stereocenters. The second kappa shape index (κ2) is 9.69. The van der Waals surface area contributed by atoms with E-state index in [4.69, 9.17) is 0 Å². The number of rotatable bonds is 7. The molecule has 33 heavy (non-hydrogen) atoms. The van der Waals surface area contributed by atoms with Crippen LogP contribution in [0.5, 0.6) is 0 Å². The zero-order valence-electron chi connectivity index (χ0n) is 19.1. The fraction of sp³-hybridized carbons (Fsp3) is 0.222. The lowest BCUT2D eigenvalue weighted by atomic mass is 10.1. The van der Waals surface area contributed by atoms with E-state index in [1.807, 2.05) is 26.0 Å². The van der Waals surface area contributed by atoms with Gasteiger partial charge in [0.25, 0.3) is 5.91 Å². The molecule has 0 unspecified atom stereocenters. The van der Waals surface area contributed by atoms with Crippen LogP contribution in [0.25, 0.3) is 21.8 Å². The van der Waals surface area contributed by atoms with Crippen molar-refractivity contribution in [2.75, 3.05) is 5.32 Å². The number of amides is 2. The fourth-order valence-corrected chi connectivity index (χ4v) is 4.01. The van der Waals surface area contributed by atoms with Crippen LogP contribution in [0, 0.1) is 5.92 Å². The highest BCUT2D eigenvalue weighted by molar-refractivity contribution is 6.09. The van der Waals surface area contributed by atoms with Crippen molar-refractivity contribution in [1.29, 1.82) is 0 Å². The van der Waals surface area contributed by atoms with Gasteiger partial charge in [-0.3, -0.25) is 9.59 Å². The normalized spacial score (nSPS) is 11.5. The molecule has 0 aliphatic rings. The summed E-state index contributed by atoms with van der Waals surface area (Å²) in [6.45, 7) is 7.03. The predicted octanol–water partition coefficient (Wildman–Crippen LogP) is 5.56. The van der Waals surface area contributed by atoms with E-state index in [-0.39, 0.29) is 11.8 Å². The molecular weight excluding hydrogens is 412 g/mol. The van der Waals surface area contributed by atoms with E-state index in [0.717, 1.165) is 17.5 Å². The summed E-state index contributed by atoms with van der Waals surface area (Å²) in [5.41, 5.74) is 7.01. The maximum absolute atomic E-state index is 12.4. The van der Waals surface area contributed by atoms with Crippen LogP contribution in [0.4, 0.5) is 5.69 Å². The van der Waals surface area contributed by atoms with Gasteiger partial charge in [-0.1, -0.05) is 38.1 Å². The molecule has 4 rings (SSSR count). The van der Waals surface area contributed by atoms with Gasteiger partial charge in [-0.2, -0.15) is 5.10 Å². The van der Waals surface area contributed by atoms with Crippen molar-refractivity contribution in [3.05, 3.63) is 77.9 Å². The Morgan fingerprint density at radius 1 is 0.970 bits per heavy atom. The maximum Gasteiger partial charge on any atom is 0.271 e. The number of carbonyl (C=O) groups is 2. The summed E-state index contributed by atoms with van der Waals surface area (Å²) in [5, 5.41) is 9.34. The molecule has 2 N–H and O–H groups in total.